The molecular weight excluding hydrogens is 257 g/mol. The Kier molecular flexibility index (Phi) is 4.16. The number of hydrogen-bond acceptors (Lipinski definition) is 3. The molecule has 1 aliphatic rings. The summed E-state index contributed by atoms with van der Waals surface area (Å²) < 4.78 is 14.2. The SMILES string of the molecule is CC1CCCCC1N(C)c1cc(C(N)=O)c(N)cc1F. The molecule has 2 atom stereocenters. The van der Waals surface area contributed by atoms with Crippen LogP contribution < -0.4 is 16.4 Å². The Balaban J connectivity index is 2.35. The van der Waals surface area contributed by atoms with E-state index in [1.54, 1.807) is 0 Å². The van der Waals surface area contributed by atoms with Gasteiger partial charge in [0, 0.05) is 18.8 Å². The van der Waals surface area contributed by atoms with Crippen LogP contribution in [0.2, 0.25) is 0 Å². The lowest BCUT2D eigenvalue weighted by atomic mass is 9.85. The molecule has 2 rings (SSSR count). The van der Waals surface area contributed by atoms with Crippen molar-refractivity contribution in [3.05, 3.63) is 23.5 Å². The molecule has 1 saturated carbocycles. The van der Waals surface area contributed by atoms with Gasteiger partial charge in [0.1, 0.15) is 5.82 Å². The Labute approximate surface area is 118 Å². The van der Waals surface area contributed by atoms with Crippen molar-refractivity contribution in [2.45, 2.75) is 38.6 Å². The zero-order chi connectivity index (χ0) is 14.9. The first kappa shape index (κ1) is 14.6. The Hall–Kier alpha value is -1.78. The van der Waals surface area contributed by atoms with Gasteiger partial charge in [-0.25, -0.2) is 4.39 Å². The van der Waals surface area contributed by atoms with Crippen molar-refractivity contribution >= 4 is 17.3 Å². The minimum atomic E-state index is -0.631. The molecule has 0 radical (unpaired) electrons. The van der Waals surface area contributed by atoms with Gasteiger partial charge in [-0.2, -0.15) is 0 Å². The number of benzene rings is 1. The molecule has 0 saturated heterocycles. The number of primary amides is 1. The molecule has 2 unspecified atom stereocenters. The van der Waals surface area contributed by atoms with Gasteiger partial charge in [0.2, 0.25) is 0 Å². The average Bonchev–Trinajstić information content (AvgIpc) is 2.38. The van der Waals surface area contributed by atoms with E-state index in [-0.39, 0.29) is 17.3 Å². The number of nitrogens with zero attached hydrogens (tertiary/aromatic N) is 1. The van der Waals surface area contributed by atoms with Crippen LogP contribution in [0.15, 0.2) is 12.1 Å². The number of amides is 1. The molecule has 1 aromatic rings. The largest absolute Gasteiger partial charge is 0.398 e. The molecule has 0 spiro atoms. The molecule has 1 aliphatic carbocycles. The number of rotatable bonds is 3. The van der Waals surface area contributed by atoms with E-state index in [1.165, 1.54) is 18.6 Å². The molecular formula is C15H22FN3O. The van der Waals surface area contributed by atoms with E-state index in [0.717, 1.165) is 19.3 Å². The van der Waals surface area contributed by atoms with Crippen LogP contribution in [0.4, 0.5) is 15.8 Å². The van der Waals surface area contributed by atoms with Gasteiger partial charge in [-0.05, 0) is 30.9 Å². The van der Waals surface area contributed by atoms with E-state index in [1.807, 2.05) is 11.9 Å². The quantitative estimate of drug-likeness (QED) is 0.835. The molecule has 5 heteroatoms. The van der Waals surface area contributed by atoms with Crippen molar-refractivity contribution in [1.82, 2.24) is 0 Å². The van der Waals surface area contributed by atoms with Crippen LogP contribution in [-0.4, -0.2) is 19.0 Å². The van der Waals surface area contributed by atoms with E-state index < -0.39 is 11.7 Å². The molecule has 1 aromatic carbocycles. The number of nitrogens with two attached hydrogens (primary N) is 2. The molecule has 0 heterocycles. The number of halogens is 1. The van der Waals surface area contributed by atoms with Crippen molar-refractivity contribution in [3.63, 3.8) is 0 Å². The van der Waals surface area contributed by atoms with Gasteiger partial charge in [-0.1, -0.05) is 19.8 Å². The maximum atomic E-state index is 14.2. The van der Waals surface area contributed by atoms with Gasteiger partial charge in [-0.3, -0.25) is 4.79 Å². The second-order valence-electron chi connectivity index (χ2n) is 5.70. The summed E-state index contributed by atoms with van der Waals surface area (Å²) >= 11 is 0. The lowest BCUT2D eigenvalue weighted by molar-refractivity contribution is 0.100. The van der Waals surface area contributed by atoms with Gasteiger partial charge in [-0.15, -0.1) is 0 Å². The van der Waals surface area contributed by atoms with E-state index >= 15 is 0 Å². The minimum Gasteiger partial charge on any atom is -0.398 e. The summed E-state index contributed by atoms with van der Waals surface area (Å²) in [4.78, 5) is 13.3. The second-order valence-corrected chi connectivity index (χ2v) is 5.70. The summed E-state index contributed by atoms with van der Waals surface area (Å²) in [5, 5.41) is 0. The summed E-state index contributed by atoms with van der Waals surface area (Å²) in [5.41, 5.74) is 11.6. The topological polar surface area (TPSA) is 72.3 Å². The summed E-state index contributed by atoms with van der Waals surface area (Å²) in [5.74, 6) is -0.538. The number of carbonyl (C=O) groups is 1. The number of anilines is 2. The Morgan fingerprint density at radius 3 is 2.60 bits per heavy atom. The lowest BCUT2D eigenvalue weighted by Crippen LogP contribution is -2.39. The highest BCUT2D eigenvalue weighted by atomic mass is 19.1. The maximum absolute atomic E-state index is 14.2. The van der Waals surface area contributed by atoms with Crippen LogP contribution in [0.25, 0.3) is 0 Å². The molecule has 1 fully saturated rings. The van der Waals surface area contributed by atoms with Crippen molar-refractivity contribution in [3.8, 4) is 0 Å². The standard InChI is InChI=1S/C15H22FN3O/c1-9-5-3-4-6-13(9)19(2)14-7-10(15(18)20)12(17)8-11(14)16/h7-9,13H,3-6,17H2,1-2H3,(H2,18,20). The summed E-state index contributed by atoms with van der Waals surface area (Å²) in [6, 6.07) is 2.93. The highest BCUT2D eigenvalue weighted by Crippen LogP contribution is 2.33. The van der Waals surface area contributed by atoms with Crippen LogP contribution in [0, 0.1) is 11.7 Å². The molecule has 4 N–H and O–H groups in total. The van der Waals surface area contributed by atoms with Crippen molar-refractivity contribution in [2.75, 3.05) is 17.7 Å². The first-order valence-corrected chi connectivity index (χ1v) is 7.03. The predicted molar refractivity (Wildman–Crippen MR) is 79.2 cm³/mol. The third kappa shape index (κ3) is 2.71. The van der Waals surface area contributed by atoms with Gasteiger partial charge in [0.15, 0.2) is 0 Å². The fourth-order valence-electron chi connectivity index (χ4n) is 3.11. The van der Waals surface area contributed by atoms with E-state index in [9.17, 15) is 9.18 Å². The van der Waals surface area contributed by atoms with Gasteiger partial charge in [0.25, 0.3) is 5.91 Å². The number of hydrogen-bond donors (Lipinski definition) is 2. The van der Waals surface area contributed by atoms with Gasteiger partial charge < -0.3 is 16.4 Å². The van der Waals surface area contributed by atoms with Crippen molar-refractivity contribution in [1.29, 1.82) is 0 Å². The average molecular weight is 279 g/mol. The Bertz CT molecular complexity index is 518. The summed E-state index contributed by atoms with van der Waals surface area (Å²) in [7, 11) is 1.87. The van der Waals surface area contributed by atoms with Crippen LogP contribution in [0.3, 0.4) is 0 Å². The fraction of sp³-hybridized carbons (Fsp3) is 0.533. The maximum Gasteiger partial charge on any atom is 0.250 e. The zero-order valence-corrected chi connectivity index (χ0v) is 12.0. The summed E-state index contributed by atoms with van der Waals surface area (Å²) in [6.07, 6.45) is 4.56. The third-order valence-electron chi connectivity index (χ3n) is 4.33. The first-order valence-electron chi connectivity index (χ1n) is 7.03. The molecule has 20 heavy (non-hydrogen) atoms. The number of carbonyl (C=O) groups excluding carboxylic acids is 1. The molecule has 1 amide bonds. The molecule has 110 valence electrons. The van der Waals surface area contributed by atoms with Gasteiger partial charge >= 0.3 is 0 Å². The normalized spacial score (nSPS) is 22.6. The Morgan fingerprint density at radius 1 is 1.35 bits per heavy atom. The minimum absolute atomic E-state index is 0.0869. The van der Waals surface area contributed by atoms with Crippen LogP contribution in [-0.2, 0) is 0 Å². The van der Waals surface area contributed by atoms with Crippen molar-refractivity contribution in [2.24, 2.45) is 11.7 Å². The highest BCUT2D eigenvalue weighted by molar-refractivity contribution is 5.99. The zero-order valence-electron chi connectivity index (χ0n) is 12.0. The molecule has 0 bridgehead atoms. The summed E-state index contributed by atoms with van der Waals surface area (Å²) in [6.45, 7) is 2.19. The molecule has 0 aliphatic heterocycles. The first-order chi connectivity index (χ1) is 9.41. The molecule has 4 nitrogen and oxygen atoms in total. The number of nitrogen functional groups attached to an aromatic ring is 1. The molecule has 0 aromatic heterocycles. The predicted octanol–water partition coefficient (Wildman–Crippen LogP) is 2.52. The Morgan fingerprint density at radius 2 is 2.00 bits per heavy atom. The van der Waals surface area contributed by atoms with Crippen LogP contribution in [0.1, 0.15) is 43.0 Å². The fourth-order valence-corrected chi connectivity index (χ4v) is 3.11. The van der Waals surface area contributed by atoms with Crippen LogP contribution >= 0.6 is 0 Å². The monoisotopic (exact) mass is 279 g/mol. The smallest absolute Gasteiger partial charge is 0.250 e. The van der Waals surface area contributed by atoms with Crippen LogP contribution in [0.5, 0.6) is 0 Å². The highest BCUT2D eigenvalue weighted by Gasteiger charge is 2.27. The third-order valence-corrected chi connectivity index (χ3v) is 4.33. The van der Waals surface area contributed by atoms with E-state index in [4.69, 9.17) is 11.5 Å². The lowest BCUT2D eigenvalue weighted by Gasteiger charge is -2.38. The van der Waals surface area contributed by atoms with Gasteiger partial charge in [0.05, 0.1) is 11.3 Å². The van der Waals surface area contributed by atoms with Crippen molar-refractivity contribution < 1.29 is 9.18 Å². The van der Waals surface area contributed by atoms with E-state index in [2.05, 4.69) is 6.92 Å². The second kappa shape index (κ2) is 5.69. The van der Waals surface area contributed by atoms with E-state index in [0.29, 0.717) is 11.6 Å².